The maximum atomic E-state index is 5.28. The summed E-state index contributed by atoms with van der Waals surface area (Å²) >= 11 is 0. The summed E-state index contributed by atoms with van der Waals surface area (Å²) in [6, 6.07) is 6.31. The van der Waals surface area contributed by atoms with Gasteiger partial charge in [0.25, 0.3) is 0 Å². The van der Waals surface area contributed by atoms with Gasteiger partial charge in [-0.1, -0.05) is 40.7 Å². The van der Waals surface area contributed by atoms with E-state index in [4.69, 9.17) is 4.42 Å². The van der Waals surface area contributed by atoms with E-state index in [-0.39, 0.29) is 5.41 Å². The number of oxazole rings is 1. The van der Waals surface area contributed by atoms with E-state index in [9.17, 15) is 0 Å². The fraction of sp³-hybridized carbons (Fsp3) is 0.533. The van der Waals surface area contributed by atoms with Crippen LogP contribution in [0.2, 0.25) is 0 Å². The van der Waals surface area contributed by atoms with Crippen LogP contribution in [0.25, 0.3) is 11.1 Å². The molecule has 0 aliphatic rings. The van der Waals surface area contributed by atoms with Crippen LogP contribution in [0.4, 0.5) is 0 Å². The molecule has 0 saturated carbocycles. The molecule has 2 aromatic rings. The first-order valence-corrected chi connectivity index (χ1v) is 6.12. The normalized spacial score (nSPS) is 13.2. The van der Waals surface area contributed by atoms with E-state index < -0.39 is 0 Å². The smallest absolute Gasteiger partial charge is 0.181 e. The molecule has 1 aromatic heterocycles. The molecule has 0 N–H and O–H groups in total. The lowest BCUT2D eigenvalue weighted by Gasteiger charge is -2.32. The minimum atomic E-state index is 0.158. The van der Waals surface area contributed by atoms with Crippen LogP contribution >= 0.6 is 0 Å². The molecule has 17 heavy (non-hydrogen) atoms. The molecule has 0 radical (unpaired) electrons. The van der Waals surface area contributed by atoms with Crippen molar-refractivity contribution in [3.63, 3.8) is 0 Å². The topological polar surface area (TPSA) is 26.0 Å². The van der Waals surface area contributed by atoms with Gasteiger partial charge in [-0.25, -0.2) is 4.98 Å². The zero-order valence-electron chi connectivity index (χ0n) is 11.4. The minimum absolute atomic E-state index is 0.158. The number of benzene rings is 1. The van der Waals surface area contributed by atoms with E-state index in [0.29, 0.717) is 5.41 Å². The van der Waals surface area contributed by atoms with Crippen molar-refractivity contribution >= 4 is 11.1 Å². The highest BCUT2D eigenvalue weighted by molar-refractivity contribution is 5.73. The van der Waals surface area contributed by atoms with Gasteiger partial charge >= 0.3 is 0 Å². The summed E-state index contributed by atoms with van der Waals surface area (Å²) in [7, 11) is 0. The molecule has 0 fully saturated rings. The van der Waals surface area contributed by atoms with E-state index in [0.717, 1.165) is 17.5 Å². The van der Waals surface area contributed by atoms with Crippen molar-refractivity contribution in [2.75, 3.05) is 0 Å². The monoisotopic (exact) mass is 231 g/mol. The lowest BCUT2D eigenvalue weighted by Crippen LogP contribution is -2.24. The predicted molar refractivity (Wildman–Crippen MR) is 71.1 cm³/mol. The minimum Gasteiger partial charge on any atom is -0.443 e. The molecular weight excluding hydrogens is 210 g/mol. The maximum Gasteiger partial charge on any atom is 0.181 e. The van der Waals surface area contributed by atoms with Gasteiger partial charge < -0.3 is 4.42 Å². The average molecular weight is 231 g/mol. The molecule has 0 atom stereocenters. The molecule has 0 aliphatic carbocycles. The molecule has 0 aliphatic heterocycles. The first-order valence-electron chi connectivity index (χ1n) is 6.12. The number of rotatable bonds is 2. The Balaban J connectivity index is 2.37. The molecule has 0 saturated heterocycles. The first kappa shape index (κ1) is 12.2. The summed E-state index contributed by atoms with van der Waals surface area (Å²) in [5, 5.41) is 0. The summed E-state index contributed by atoms with van der Waals surface area (Å²) in [5.74, 6) is 0. The Kier molecular flexibility index (Phi) is 2.76. The quantitative estimate of drug-likeness (QED) is 0.758. The lowest BCUT2D eigenvalue weighted by molar-refractivity contribution is 0.284. The van der Waals surface area contributed by atoms with Crippen LogP contribution in [0.5, 0.6) is 0 Å². The Morgan fingerprint density at radius 3 is 2.47 bits per heavy atom. The fourth-order valence-corrected chi connectivity index (χ4v) is 2.71. The van der Waals surface area contributed by atoms with Gasteiger partial charge in [-0.05, 0) is 34.9 Å². The molecule has 92 valence electrons. The molecule has 2 nitrogen and oxygen atoms in total. The van der Waals surface area contributed by atoms with Crippen molar-refractivity contribution in [3.05, 3.63) is 30.2 Å². The number of hydrogen-bond donors (Lipinski definition) is 0. The molecular formula is C15H21NO. The first-order chi connectivity index (χ1) is 7.78. The average Bonchev–Trinajstić information content (AvgIpc) is 2.59. The van der Waals surface area contributed by atoms with Crippen LogP contribution in [-0.2, 0) is 5.41 Å². The zero-order chi connectivity index (χ0) is 12.7. The van der Waals surface area contributed by atoms with E-state index in [1.807, 2.05) is 6.07 Å². The van der Waals surface area contributed by atoms with Gasteiger partial charge in [-0.15, -0.1) is 0 Å². The summed E-state index contributed by atoms with van der Waals surface area (Å²) in [5.41, 5.74) is 3.62. The third kappa shape index (κ3) is 2.68. The highest BCUT2D eigenvalue weighted by Gasteiger charge is 2.27. The van der Waals surface area contributed by atoms with Crippen LogP contribution in [-0.4, -0.2) is 4.98 Å². The predicted octanol–water partition coefficient (Wildman–Crippen LogP) is 4.54. The molecule has 2 rings (SSSR count). The summed E-state index contributed by atoms with van der Waals surface area (Å²) in [4.78, 5) is 4.22. The van der Waals surface area contributed by atoms with Crippen molar-refractivity contribution < 1.29 is 4.42 Å². The molecule has 1 heterocycles. The van der Waals surface area contributed by atoms with Gasteiger partial charge in [0.15, 0.2) is 12.0 Å². The van der Waals surface area contributed by atoms with Gasteiger partial charge in [0.2, 0.25) is 0 Å². The second kappa shape index (κ2) is 3.86. The van der Waals surface area contributed by atoms with Crippen molar-refractivity contribution in [1.82, 2.24) is 4.98 Å². The van der Waals surface area contributed by atoms with Gasteiger partial charge in [0.05, 0.1) is 0 Å². The summed E-state index contributed by atoms with van der Waals surface area (Å²) < 4.78 is 5.28. The number of aromatic nitrogens is 1. The highest BCUT2D eigenvalue weighted by Crippen LogP contribution is 2.36. The SMILES string of the molecule is CC(C)(C)CC(C)(C)c1ccc2ocnc2c1. The van der Waals surface area contributed by atoms with Crippen LogP contribution in [0.3, 0.4) is 0 Å². The highest BCUT2D eigenvalue weighted by atomic mass is 16.3. The molecule has 1 aromatic carbocycles. The van der Waals surface area contributed by atoms with Crippen LogP contribution < -0.4 is 0 Å². The van der Waals surface area contributed by atoms with Crippen molar-refractivity contribution in [3.8, 4) is 0 Å². The van der Waals surface area contributed by atoms with Crippen LogP contribution in [0, 0.1) is 5.41 Å². The zero-order valence-corrected chi connectivity index (χ0v) is 11.4. The van der Waals surface area contributed by atoms with Crippen molar-refractivity contribution in [2.45, 2.75) is 46.5 Å². The van der Waals surface area contributed by atoms with Gasteiger partial charge in [-0.2, -0.15) is 0 Å². The molecule has 0 unspecified atom stereocenters. The van der Waals surface area contributed by atoms with E-state index in [1.165, 1.54) is 12.0 Å². The van der Waals surface area contributed by atoms with Crippen molar-refractivity contribution in [1.29, 1.82) is 0 Å². The van der Waals surface area contributed by atoms with E-state index >= 15 is 0 Å². The Hall–Kier alpha value is -1.31. The Labute approximate surface area is 103 Å². The van der Waals surface area contributed by atoms with Crippen LogP contribution in [0.15, 0.2) is 29.0 Å². The van der Waals surface area contributed by atoms with Crippen molar-refractivity contribution in [2.24, 2.45) is 5.41 Å². The number of nitrogens with zero attached hydrogens (tertiary/aromatic N) is 1. The van der Waals surface area contributed by atoms with Crippen LogP contribution in [0.1, 0.15) is 46.6 Å². The maximum absolute atomic E-state index is 5.28. The fourth-order valence-electron chi connectivity index (χ4n) is 2.71. The third-order valence-corrected chi connectivity index (χ3v) is 3.08. The molecule has 0 bridgehead atoms. The molecule has 0 amide bonds. The summed E-state index contributed by atoms with van der Waals surface area (Å²) in [6.45, 7) is 11.4. The largest absolute Gasteiger partial charge is 0.443 e. The number of fused-ring (bicyclic) bond motifs is 1. The van der Waals surface area contributed by atoms with E-state index in [1.54, 1.807) is 0 Å². The van der Waals surface area contributed by atoms with Gasteiger partial charge in [0.1, 0.15) is 5.52 Å². The van der Waals surface area contributed by atoms with Gasteiger partial charge in [0, 0.05) is 0 Å². The Morgan fingerprint density at radius 2 is 1.82 bits per heavy atom. The standard InChI is InChI=1S/C15H21NO/c1-14(2,3)9-15(4,5)11-6-7-13-12(8-11)16-10-17-13/h6-8,10H,9H2,1-5H3. The summed E-state index contributed by atoms with van der Waals surface area (Å²) in [6.07, 6.45) is 2.65. The van der Waals surface area contributed by atoms with Gasteiger partial charge in [-0.3, -0.25) is 0 Å². The number of hydrogen-bond acceptors (Lipinski definition) is 2. The Morgan fingerprint density at radius 1 is 1.12 bits per heavy atom. The second-order valence-electron chi connectivity index (χ2n) is 6.66. The Bertz CT molecular complexity index is 517. The molecule has 2 heteroatoms. The lowest BCUT2D eigenvalue weighted by atomic mass is 9.72. The molecule has 0 spiro atoms. The second-order valence-corrected chi connectivity index (χ2v) is 6.66. The van der Waals surface area contributed by atoms with E-state index in [2.05, 4.69) is 51.7 Å². The third-order valence-electron chi connectivity index (χ3n) is 3.08.